The molecule has 1 saturated carbocycles. The van der Waals surface area contributed by atoms with Crippen molar-refractivity contribution in [2.75, 3.05) is 0 Å². The molecule has 12 heavy (non-hydrogen) atoms. The average Bonchev–Trinajstić information content (AvgIpc) is 1.91. The number of nitrogens with two attached hydrogens (primary N) is 1. The molecule has 5 heteroatoms. The van der Waals surface area contributed by atoms with E-state index in [1.807, 2.05) is 0 Å². The van der Waals surface area contributed by atoms with Crippen molar-refractivity contribution in [2.24, 2.45) is 11.1 Å². The molecule has 0 aromatic carbocycles. The number of rotatable bonds is 2. The highest BCUT2D eigenvalue weighted by Gasteiger charge is 2.20. The maximum Gasteiger partial charge on any atom is 0.274 e. The Morgan fingerprint density at radius 3 is 2.17 bits per heavy atom. The third-order valence-corrected chi connectivity index (χ3v) is 3.01. The van der Waals surface area contributed by atoms with Crippen molar-refractivity contribution < 1.29 is 8.42 Å². The van der Waals surface area contributed by atoms with Gasteiger partial charge in [-0.15, -0.1) is 0 Å². The highest BCUT2D eigenvalue weighted by Crippen LogP contribution is 2.23. The summed E-state index contributed by atoms with van der Waals surface area (Å²) < 4.78 is 23.7. The van der Waals surface area contributed by atoms with E-state index in [0.717, 1.165) is 31.6 Å². The lowest BCUT2D eigenvalue weighted by molar-refractivity contribution is 0.332. The Labute approximate surface area is 73.7 Å². The Hall–Kier alpha value is -0.130. The Morgan fingerprint density at radius 2 is 1.75 bits per heavy atom. The summed E-state index contributed by atoms with van der Waals surface area (Å²) >= 11 is 0. The summed E-state index contributed by atoms with van der Waals surface area (Å²) in [4.78, 5) is 0. The summed E-state index contributed by atoms with van der Waals surface area (Å²) in [5.41, 5.74) is 0. The lowest BCUT2D eigenvalue weighted by atomic mass is 9.88. The van der Waals surface area contributed by atoms with Crippen LogP contribution in [0.2, 0.25) is 0 Å². The zero-order valence-electron chi connectivity index (χ0n) is 7.29. The summed E-state index contributed by atoms with van der Waals surface area (Å²) in [6, 6.07) is 0.0659. The first-order valence-electron chi connectivity index (χ1n) is 4.27. The summed E-state index contributed by atoms with van der Waals surface area (Å²) in [5, 5.41) is 4.86. The highest BCUT2D eigenvalue weighted by atomic mass is 32.2. The molecule has 1 aliphatic rings. The molecule has 0 radical (unpaired) electrons. The maximum absolute atomic E-state index is 10.6. The fourth-order valence-electron chi connectivity index (χ4n) is 1.61. The van der Waals surface area contributed by atoms with Gasteiger partial charge in [0.1, 0.15) is 0 Å². The van der Waals surface area contributed by atoms with Crippen LogP contribution in [0.4, 0.5) is 0 Å². The maximum atomic E-state index is 10.6. The van der Waals surface area contributed by atoms with Crippen molar-refractivity contribution >= 4 is 10.2 Å². The minimum absolute atomic E-state index is 0.0659. The summed E-state index contributed by atoms with van der Waals surface area (Å²) in [7, 11) is -3.49. The van der Waals surface area contributed by atoms with Gasteiger partial charge in [-0.1, -0.05) is 6.92 Å². The molecular weight excluding hydrogens is 176 g/mol. The van der Waals surface area contributed by atoms with Gasteiger partial charge in [0.15, 0.2) is 0 Å². The lowest BCUT2D eigenvalue weighted by Crippen LogP contribution is -2.41. The van der Waals surface area contributed by atoms with Crippen molar-refractivity contribution in [1.82, 2.24) is 4.72 Å². The molecule has 0 saturated heterocycles. The van der Waals surface area contributed by atoms with E-state index in [1.54, 1.807) is 0 Å². The van der Waals surface area contributed by atoms with Crippen molar-refractivity contribution in [3.63, 3.8) is 0 Å². The Bertz CT molecular complexity index is 230. The molecule has 0 aromatic rings. The molecule has 0 heterocycles. The van der Waals surface area contributed by atoms with Crippen LogP contribution in [0.1, 0.15) is 32.6 Å². The van der Waals surface area contributed by atoms with E-state index in [4.69, 9.17) is 5.14 Å². The van der Waals surface area contributed by atoms with Gasteiger partial charge in [0.2, 0.25) is 0 Å². The van der Waals surface area contributed by atoms with Crippen LogP contribution in [-0.4, -0.2) is 14.5 Å². The molecule has 0 aromatic heterocycles. The van der Waals surface area contributed by atoms with Crippen molar-refractivity contribution in [1.29, 1.82) is 0 Å². The highest BCUT2D eigenvalue weighted by molar-refractivity contribution is 7.87. The van der Waals surface area contributed by atoms with Crippen LogP contribution in [0.25, 0.3) is 0 Å². The topological polar surface area (TPSA) is 72.2 Å². The van der Waals surface area contributed by atoms with Crippen LogP contribution >= 0.6 is 0 Å². The first kappa shape index (κ1) is 9.95. The first-order valence-corrected chi connectivity index (χ1v) is 5.82. The van der Waals surface area contributed by atoms with E-state index in [-0.39, 0.29) is 6.04 Å². The number of hydrogen-bond donors (Lipinski definition) is 2. The second kappa shape index (κ2) is 3.72. The number of nitrogens with one attached hydrogen (secondary N) is 1. The molecule has 0 bridgehead atoms. The predicted octanol–water partition coefficient (Wildman–Crippen LogP) is 0.358. The zero-order valence-corrected chi connectivity index (χ0v) is 8.10. The van der Waals surface area contributed by atoms with Gasteiger partial charge >= 0.3 is 0 Å². The fraction of sp³-hybridized carbons (Fsp3) is 1.00. The summed E-state index contributed by atoms with van der Waals surface area (Å²) in [6.45, 7) is 2.19. The second-order valence-electron chi connectivity index (χ2n) is 3.62. The Kier molecular flexibility index (Phi) is 3.09. The lowest BCUT2D eigenvalue weighted by Gasteiger charge is -2.25. The van der Waals surface area contributed by atoms with Crippen LogP contribution in [0.3, 0.4) is 0 Å². The van der Waals surface area contributed by atoms with Crippen LogP contribution in [0.15, 0.2) is 0 Å². The van der Waals surface area contributed by atoms with Gasteiger partial charge in [-0.05, 0) is 31.6 Å². The van der Waals surface area contributed by atoms with Crippen molar-refractivity contribution in [3.05, 3.63) is 0 Å². The molecule has 1 fully saturated rings. The molecule has 3 N–H and O–H groups in total. The van der Waals surface area contributed by atoms with Gasteiger partial charge in [-0.3, -0.25) is 0 Å². The molecule has 0 unspecified atom stereocenters. The van der Waals surface area contributed by atoms with Crippen LogP contribution in [0, 0.1) is 5.92 Å². The average molecular weight is 192 g/mol. The molecular formula is C7H16N2O2S. The molecule has 72 valence electrons. The third kappa shape index (κ3) is 3.51. The first-order chi connectivity index (χ1) is 5.47. The monoisotopic (exact) mass is 192 g/mol. The summed E-state index contributed by atoms with van der Waals surface area (Å²) in [6.07, 6.45) is 4.01. The normalized spacial score (nSPS) is 31.8. The van der Waals surface area contributed by atoms with E-state index >= 15 is 0 Å². The van der Waals surface area contributed by atoms with E-state index in [9.17, 15) is 8.42 Å². The zero-order chi connectivity index (χ0) is 9.19. The largest absolute Gasteiger partial charge is 0.274 e. The predicted molar refractivity (Wildman–Crippen MR) is 47.7 cm³/mol. The minimum atomic E-state index is -3.49. The van der Waals surface area contributed by atoms with Crippen LogP contribution in [-0.2, 0) is 10.2 Å². The van der Waals surface area contributed by atoms with Gasteiger partial charge in [0, 0.05) is 6.04 Å². The van der Waals surface area contributed by atoms with E-state index in [1.165, 1.54) is 0 Å². The standard InChI is InChI=1S/C7H16N2O2S/c1-6-2-4-7(5-3-6)9-12(8,10)11/h6-7,9H,2-5H2,1H3,(H2,8,10,11)/t6-,7-. The second-order valence-corrected chi connectivity index (χ2v) is 4.95. The Morgan fingerprint density at radius 1 is 1.25 bits per heavy atom. The van der Waals surface area contributed by atoms with E-state index in [2.05, 4.69) is 11.6 Å². The van der Waals surface area contributed by atoms with Gasteiger partial charge in [-0.2, -0.15) is 13.1 Å². The molecule has 0 atom stereocenters. The van der Waals surface area contributed by atoms with Gasteiger partial charge < -0.3 is 0 Å². The van der Waals surface area contributed by atoms with E-state index < -0.39 is 10.2 Å². The molecule has 0 spiro atoms. The smallest absolute Gasteiger partial charge is 0.216 e. The van der Waals surface area contributed by atoms with Gasteiger partial charge in [0.25, 0.3) is 10.2 Å². The molecule has 0 amide bonds. The Balaban J connectivity index is 2.36. The quantitative estimate of drug-likeness (QED) is 0.663. The summed E-state index contributed by atoms with van der Waals surface area (Å²) in [5.74, 6) is 0.725. The van der Waals surface area contributed by atoms with Crippen LogP contribution < -0.4 is 9.86 Å². The van der Waals surface area contributed by atoms with Crippen molar-refractivity contribution in [3.8, 4) is 0 Å². The van der Waals surface area contributed by atoms with Crippen LogP contribution in [0.5, 0.6) is 0 Å². The molecule has 4 nitrogen and oxygen atoms in total. The fourth-order valence-corrected chi connectivity index (χ4v) is 2.31. The van der Waals surface area contributed by atoms with Gasteiger partial charge in [0.05, 0.1) is 0 Å². The van der Waals surface area contributed by atoms with E-state index in [0.29, 0.717) is 0 Å². The SMILES string of the molecule is C[C@H]1CC[C@H](NS(N)(=O)=O)CC1. The molecule has 0 aliphatic heterocycles. The van der Waals surface area contributed by atoms with Crippen molar-refractivity contribution in [2.45, 2.75) is 38.6 Å². The number of hydrogen-bond acceptors (Lipinski definition) is 2. The van der Waals surface area contributed by atoms with Gasteiger partial charge in [-0.25, -0.2) is 5.14 Å². The third-order valence-electron chi connectivity index (χ3n) is 2.35. The minimum Gasteiger partial charge on any atom is -0.216 e. The molecule has 1 rings (SSSR count). The molecule has 1 aliphatic carbocycles.